The van der Waals surface area contributed by atoms with E-state index < -0.39 is 5.54 Å². The van der Waals surface area contributed by atoms with Crippen LogP contribution < -0.4 is 11.1 Å². The van der Waals surface area contributed by atoms with E-state index in [9.17, 15) is 4.79 Å². The van der Waals surface area contributed by atoms with Crippen molar-refractivity contribution in [2.75, 3.05) is 5.32 Å². The number of anilines is 1. The van der Waals surface area contributed by atoms with Gasteiger partial charge in [0.25, 0.3) is 0 Å². The zero-order valence-electron chi connectivity index (χ0n) is 11.2. The average molecular weight is 272 g/mol. The second-order valence-electron chi connectivity index (χ2n) is 5.33. The summed E-state index contributed by atoms with van der Waals surface area (Å²) in [6.07, 6.45) is 3.33. The van der Waals surface area contributed by atoms with Gasteiger partial charge in [-0.2, -0.15) is 0 Å². The Kier molecular flexibility index (Phi) is 3.02. The minimum atomic E-state index is -0.800. The van der Waals surface area contributed by atoms with Gasteiger partial charge in [-0.1, -0.05) is 0 Å². The standard InChI is InChI=1S/C14H16N4O2/c1-14(15,10-4-5-10)13(19)17-11-6-2-9(3-7-11)12-18-16-8-20-12/h2-3,6-8,10H,4-5,15H2,1H3,(H,17,19). The van der Waals surface area contributed by atoms with Gasteiger partial charge in [-0.15, -0.1) is 10.2 Å². The smallest absolute Gasteiger partial charge is 0.247 e. The molecule has 2 aromatic rings. The highest BCUT2D eigenvalue weighted by Crippen LogP contribution is 2.38. The summed E-state index contributed by atoms with van der Waals surface area (Å²) in [5.74, 6) is 0.593. The van der Waals surface area contributed by atoms with E-state index in [-0.39, 0.29) is 5.91 Å². The third kappa shape index (κ3) is 2.42. The van der Waals surface area contributed by atoms with Crippen LogP contribution in [0.4, 0.5) is 5.69 Å². The minimum absolute atomic E-state index is 0.148. The largest absolute Gasteiger partial charge is 0.423 e. The van der Waals surface area contributed by atoms with Crippen LogP contribution in [0.25, 0.3) is 11.5 Å². The summed E-state index contributed by atoms with van der Waals surface area (Å²) in [5.41, 5.74) is 6.78. The van der Waals surface area contributed by atoms with Crippen LogP contribution in [0.15, 0.2) is 35.1 Å². The molecule has 6 heteroatoms. The number of carbonyl (C=O) groups excluding carboxylic acids is 1. The fourth-order valence-corrected chi connectivity index (χ4v) is 2.13. The van der Waals surface area contributed by atoms with Gasteiger partial charge in [0.2, 0.25) is 18.2 Å². The van der Waals surface area contributed by atoms with E-state index in [4.69, 9.17) is 10.2 Å². The summed E-state index contributed by atoms with van der Waals surface area (Å²) in [6, 6.07) is 7.21. The maximum atomic E-state index is 12.2. The van der Waals surface area contributed by atoms with Gasteiger partial charge >= 0.3 is 0 Å². The van der Waals surface area contributed by atoms with Gasteiger partial charge < -0.3 is 15.5 Å². The Morgan fingerprint density at radius 3 is 2.65 bits per heavy atom. The lowest BCUT2D eigenvalue weighted by atomic mass is 9.96. The zero-order chi connectivity index (χ0) is 14.2. The Hall–Kier alpha value is -2.21. The highest BCUT2D eigenvalue weighted by molar-refractivity contribution is 5.98. The number of rotatable bonds is 4. The molecule has 1 fully saturated rings. The molecule has 1 aliphatic carbocycles. The van der Waals surface area contributed by atoms with Gasteiger partial charge in [-0.3, -0.25) is 4.79 Å². The highest BCUT2D eigenvalue weighted by atomic mass is 16.4. The summed E-state index contributed by atoms with van der Waals surface area (Å²) < 4.78 is 5.10. The lowest BCUT2D eigenvalue weighted by Gasteiger charge is -2.23. The van der Waals surface area contributed by atoms with Crippen LogP contribution in [-0.2, 0) is 4.79 Å². The van der Waals surface area contributed by atoms with E-state index in [1.165, 1.54) is 6.39 Å². The molecule has 104 valence electrons. The van der Waals surface area contributed by atoms with Crippen LogP contribution >= 0.6 is 0 Å². The van der Waals surface area contributed by atoms with Gasteiger partial charge in [0.05, 0.1) is 5.54 Å². The van der Waals surface area contributed by atoms with Crippen molar-refractivity contribution in [1.82, 2.24) is 10.2 Å². The molecule has 3 N–H and O–H groups in total. The fourth-order valence-electron chi connectivity index (χ4n) is 2.13. The maximum Gasteiger partial charge on any atom is 0.247 e. The molecular formula is C14H16N4O2. The molecule has 1 aliphatic rings. The van der Waals surface area contributed by atoms with Crippen LogP contribution in [0.2, 0.25) is 0 Å². The number of hydrogen-bond acceptors (Lipinski definition) is 5. The molecular weight excluding hydrogens is 256 g/mol. The Bertz CT molecular complexity index is 601. The maximum absolute atomic E-state index is 12.2. The van der Waals surface area contributed by atoms with Crippen molar-refractivity contribution in [2.45, 2.75) is 25.3 Å². The fraction of sp³-hybridized carbons (Fsp3) is 0.357. The number of nitrogens with zero attached hydrogens (tertiary/aromatic N) is 2. The Morgan fingerprint density at radius 1 is 1.40 bits per heavy atom. The van der Waals surface area contributed by atoms with Crippen LogP contribution in [0.3, 0.4) is 0 Å². The Labute approximate surface area is 116 Å². The van der Waals surface area contributed by atoms with E-state index in [0.29, 0.717) is 17.5 Å². The molecule has 0 aliphatic heterocycles. The average Bonchev–Trinajstić information content (AvgIpc) is 3.17. The molecule has 1 aromatic carbocycles. The predicted octanol–water partition coefficient (Wildman–Crippen LogP) is 1.80. The van der Waals surface area contributed by atoms with Crippen molar-refractivity contribution in [1.29, 1.82) is 0 Å². The van der Waals surface area contributed by atoms with E-state index in [1.807, 2.05) is 12.1 Å². The molecule has 3 rings (SSSR count). The summed E-state index contributed by atoms with van der Waals surface area (Å²) in [5, 5.41) is 10.3. The van der Waals surface area contributed by atoms with Crippen molar-refractivity contribution in [3.63, 3.8) is 0 Å². The third-order valence-electron chi connectivity index (χ3n) is 3.66. The van der Waals surface area contributed by atoms with Crippen LogP contribution in [-0.4, -0.2) is 21.6 Å². The molecule has 20 heavy (non-hydrogen) atoms. The monoisotopic (exact) mass is 272 g/mol. The van der Waals surface area contributed by atoms with Crippen LogP contribution in [0.1, 0.15) is 19.8 Å². The molecule has 1 atom stereocenters. The lowest BCUT2D eigenvalue weighted by Crippen LogP contribution is -2.50. The summed E-state index contributed by atoms with van der Waals surface area (Å²) in [6.45, 7) is 1.78. The molecule has 1 saturated carbocycles. The second kappa shape index (κ2) is 4.72. The first-order valence-electron chi connectivity index (χ1n) is 6.54. The number of carbonyl (C=O) groups is 1. The molecule has 0 bridgehead atoms. The number of benzene rings is 1. The summed E-state index contributed by atoms with van der Waals surface area (Å²) >= 11 is 0. The van der Waals surface area contributed by atoms with Crippen LogP contribution in [0, 0.1) is 5.92 Å². The number of amides is 1. The van der Waals surface area contributed by atoms with Gasteiger partial charge in [-0.05, 0) is 49.9 Å². The lowest BCUT2D eigenvalue weighted by molar-refractivity contribution is -0.121. The predicted molar refractivity (Wildman–Crippen MR) is 73.7 cm³/mol. The first kappa shape index (κ1) is 12.8. The molecule has 0 radical (unpaired) electrons. The Balaban J connectivity index is 1.71. The van der Waals surface area contributed by atoms with E-state index in [1.54, 1.807) is 19.1 Å². The van der Waals surface area contributed by atoms with E-state index >= 15 is 0 Å². The molecule has 1 aromatic heterocycles. The van der Waals surface area contributed by atoms with Crippen molar-refractivity contribution < 1.29 is 9.21 Å². The van der Waals surface area contributed by atoms with Gasteiger partial charge in [0, 0.05) is 11.3 Å². The molecule has 0 saturated heterocycles. The number of nitrogens with one attached hydrogen (secondary N) is 1. The van der Waals surface area contributed by atoms with Crippen molar-refractivity contribution in [3.8, 4) is 11.5 Å². The molecule has 1 amide bonds. The molecule has 1 unspecified atom stereocenters. The van der Waals surface area contributed by atoms with Crippen molar-refractivity contribution >= 4 is 11.6 Å². The number of hydrogen-bond donors (Lipinski definition) is 2. The summed E-state index contributed by atoms with van der Waals surface area (Å²) in [4.78, 5) is 12.2. The molecule has 0 spiro atoms. The summed E-state index contributed by atoms with van der Waals surface area (Å²) in [7, 11) is 0. The van der Waals surface area contributed by atoms with Crippen LogP contribution in [0.5, 0.6) is 0 Å². The number of nitrogens with two attached hydrogens (primary N) is 1. The zero-order valence-corrected chi connectivity index (χ0v) is 11.2. The third-order valence-corrected chi connectivity index (χ3v) is 3.66. The number of aromatic nitrogens is 2. The normalized spacial score (nSPS) is 17.5. The van der Waals surface area contributed by atoms with E-state index in [0.717, 1.165) is 18.4 Å². The molecule has 1 heterocycles. The molecule has 6 nitrogen and oxygen atoms in total. The highest BCUT2D eigenvalue weighted by Gasteiger charge is 2.44. The second-order valence-corrected chi connectivity index (χ2v) is 5.33. The van der Waals surface area contributed by atoms with Gasteiger partial charge in [0.1, 0.15) is 0 Å². The van der Waals surface area contributed by atoms with Crippen molar-refractivity contribution in [3.05, 3.63) is 30.7 Å². The quantitative estimate of drug-likeness (QED) is 0.885. The SMILES string of the molecule is CC(N)(C(=O)Nc1ccc(-c2nnco2)cc1)C1CC1. The first-order chi connectivity index (χ1) is 9.57. The van der Waals surface area contributed by atoms with Crippen molar-refractivity contribution in [2.24, 2.45) is 11.7 Å². The van der Waals surface area contributed by atoms with Gasteiger partial charge in [-0.25, -0.2) is 0 Å². The first-order valence-corrected chi connectivity index (χ1v) is 6.54. The minimum Gasteiger partial charge on any atom is -0.423 e. The van der Waals surface area contributed by atoms with E-state index in [2.05, 4.69) is 15.5 Å². The topological polar surface area (TPSA) is 94.0 Å². The Morgan fingerprint density at radius 2 is 2.10 bits per heavy atom. The van der Waals surface area contributed by atoms with Gasteiger partial charge in [0.15, 0.2) is 0 Å².